The number of rotatable bonds is 7. The first-order valence-corrected chi connectivity index (χ1v) is 8.41. The Morgan fingerprint density at radius 3 is 2.95 bits per heavy atom. The van der Waals surface area contributed by atoms with E-state index in [1.807, 2.05) is 24.5 Å². The van der Waals surface area contributed by atoms with Gasteiger partial charge in [0.05, 0.1) is 23.9 Å². The van der Waals surface area contributed by atoms with E-state index in [0.717, 1.165) is 34.2 Å². The van der Waals surface area contributed by atoms with Gasteiger partial charge in [-0.3, -0.25) is 4.79 Å². The van der Waals surface area contributed by atoms with Crippen LogP contribution in [0.2, 0.25) is 0 Å². The molecule has 0 atom stereocenters. The molecule has 0 aliphatic carbocycles. The standard InChI is InChI=1S/C13H16N2O3S2/c1-18-9-3-4-11-10(7-9)14-13(20-8-12(16)17)15(11)5-6-19-2/h3-4,7H,5-6,8H2,1-2H3,(H,16,17). The molecule has 0 fully saturated rings. The monoisotopic (exact) mass is 312 g/mol. The van der Waals surface area contributed by atoms with Gasteiger partial charge in [-0.15, -0.1) is 0 Å². The molecule has 2 aromatic rings. The molecule has 1 heterocycles. The predicted molar refractivity (Wildman–Crippen MR) is 83.0 cm³/mol. The van der Waals surface area contributed by atoms with Crippen LogP contribution in [0.1, 0.15) is 0 Å². The number of aromatic nitrogens is 2. The highest BCUT2D eigenvalue weighted by molar-refractivity contribution is 7.99. The Bertz CT molecular complexity index is 613. The normalized spacial score (nSPS) is 10.9. The maximum Gasteiger partial charge on any atom is 0.313 e. The maximum atomic E-state index is 10.7. The highest BCUT2D eigenvalue weighted by Gasteiger charge is 2.13. The number of hydrogen-bond acceptors (Lipinski definition) is 5. The molecular formula is C13H16N2O3S2. The van der Waals surface area contributed by atoms with Gasteiger partial charge in [0.15, 0.2) is 5.16 Å². The lowest BCUT2D eigenvalue weighted by atomic mass is 10.3. The van der Waals surface area contributed by atoms with Crippen LogP contribution in [0.25, 0.3) is 11.0 Å². The number of ether oxygens (including phenoxy) is 1. The second kappa shape index (κ2) is 6.90. The van der Waals surface area contributed by atoms with Crippen LogP contribution in [0.15, 0.2) is 23.4 Å². The van der Waals surface area contributed by atoms with E-state index >= 15 is 0 Å². The first-order chi connectivity index (χ1) is 9.65. The number of aliphatic carboxylic acids is 1. The number of carbonyl (C=O) groups is 1. The van der Waals surface area contributed by atoms with Crippen molar-refractivity contribution in [1.82, 2.24) is 9.55 Å². The molecule has 1 aromatic heterocycles. The molecule has 108 valence electrons. The van der Waals surface area contributed by atoms with Crippen LogP contribution in [0.5, 0.6) is 5.75 Å². The molecule has 5 nitrogen and oxygen atoms in total. The molecule has 0 radical (unpaired) electrons. The van der Waals surface area contributed by atoms with Crippen molar-refractivity contribution in [3.05, 3.63) is 18.2 Å². The van der Waals surface area contributed by atoms with Crippen molar-refractivity contribution >= 4 is 40.5 Å². The van der Waals surface area contributed by atoms with E-state index in [0.29, 0.717) is 0 Å². The lowest BCUT2D eigenvalue weighted by Crippen LogP contribution is -2.04. The van der Waals surface area contributed by atoms with E-state index in [1.54, 1.807) is 18.9 Å². The van der Waals surface area contributed by atoms with Crippen molar-refractivity contribution in [2.75, 3.05) is 24.9 Å². The van der Waals surface area contributed by atoms with Crippen LogP contribution in [0.4, 0.5) is 0 Å². The zero-order chi connectivity index (χ0) is 14.5. The van der Waals surface area contributed by atoms with E-state index < -0.39 is 5.97 Å². The van der Waals surface area contributed by atoms with Crippen LogP contribution < -0.4 is 4.74 Å². The molecule has 0 amide bonds. The van der Waals surface area contributed by atoms with Gasteiger partial charge in [-0.25, -0.2) is 4.98 Å². The topological polar surface area (TPSA) is 64.3 Å². The fourth-order valence-electron chi connectivity index (χ4n) is 1.85. The van der Waals surface area contributed by atoms with Gasteiger partial charge in [0.1, 0.15) is 5.75 Å². The SMILES string of the molecule is COc1ccc2c(c1)nc(SCC(=O)O)n2CCSC. The minimum Gasteiger partial charge on any atom is -0.497 e. The maximum absolute atomic E-state index is 10.7. The molecule has 1 aromatic carbocycles. The fourth-order valence-corrected chi connectivity index (χ4v) is 2.98. The van der Waals surface area contributed by atoms with Crippen LogP contribution in [0.3, 0.4) is 0 Å². The van der Waals surface area contributed by atoms with Crippen LogP contribution in [-0.2, 0) is 11.3 Å². The summed E-state index contributed by atoms with van der Waals surface area (Å²) in [6.45, 7) is 0.811. The average molecular weight is 312 g/mol. The summed E-state index contributed by atoms with van der Waals surface area (Å²) < 4.78 is 7.26. The van der Waals surface area contributed by atoms with Gasteiger partial charge in [0, 0.05) is 18.4 Å². The zero-order valence-corrected chi connectivity index (χ0v) is 13.0. The molecule has 2 rings (SSSR count). The summed E-state index contributed by atoms with van der Waals surface area (Å²) >= 11 is 3.00. The molecule has 0 aliphatic rings. The van der Waals surface area contributed by atoms with Gasteiger partial charge in [-0.2, -0.15) is 11.8 Å². The Morgan fingerprint density at radius 2 is 2.30 bits per heavy atom. The highest BCUT2D eigenvalue weighted by atomic mass is 32.2. The summed E-state index contributed by atoms with van der Waals surface area (Å²) in [5.74, 6) is 0.885. The van der Waals surface area contributed by atoms with Gasteiger partial charge in [0.2, 0.25) is 0 Å². The molecule has 0 saturated carbocycles. The first kappa shape index (κ1) is 15.1. The van der Waals surface area contributed by atoms with Crippen molar-refractivity contribution < 1.29 is 14.6 Å². The number of hydrogen-bond donors (Lipinski definition) is 1. The number of imidazole rings is 1. The van der Waals surface area contributed by atoms with Gasteiger partial charge < -0.3 is 14.4 Å². The van der Waals surface area contributed by atoms with E-state index in [9.17, 15) is 4.79 Å². The minimum absolute atomic E-state index is 0.0136. The summed E-state index contributed by atoms with van der Waals surface area (Å²) in [5.41, 5.74) is 1.84. The molecule has 0 spiro atoms. The van der Waals surface area contributed by atoms with E-state index in [4.69, 9.17) is 9.84 Å². The minimum atomic E-state index is -0.837. The van der Waals surface area contributed by atoms with Crippen molar-refractivity contribution in [3.8, 4) is 5.75 Å². The third-order valence-electron chi connectivity index (χ3n) is 2.76. The van der Waals surface area contributed by atoms with Crippen molar-refractivity contribution in [1.29, 1.82) is 0 Å². The Balaban J connectivity index is 2.39. The van der Waals surface area contributed by atoms with Gasteiger partial charge in [0.25, 0.3) is 0 Å². The molecular weight excluding hydrogens is 296 g/mol. The lowest BCUT2D eigenvalue weighted by molar-refractivity contribution is -0.133. The Kier molecular flexibility index (Phi) is 5.19. The summed E-state index contributed by atoms with van der Waals surface area (Å²) in [5, 5.41) is 9.56. The van der Waals surface area contributed by atoms with Gasteiger partial charge >= 0.3 is 5.97 Å². The van der Waals surface area contributed by atoms with E-state index in [1.165, 1.54) is 11.8 Å². The van der Waals surface area contributed by atoms with Crippen molar-refractivity contribution in [2.45, 2.75) is 11.7 Å². The quantitative estimate of drug-likeness (QED) is 0.793. The van der Waals surface area contributed by atoms with Gasteiger partial charge in [-0.05, 0) is 18.4 Å². The third kappa shape index (κ3) is 3.40. The smallest absolute Gasteiger partial charge is 0.313 e. The lowest BCUT2D eigenvalue weighted by Gasteiger charge is -2.07. The largest absolute Gasteiger partial charge is 0.497 e. The molecule has 20 heavy (non-hydrogen) atoms. The number of carboxylic acids is 1. The average Bonchev–Trinajstić information content (AvgIpc) is 2.79. The fraction of sp³-hybridized carbons (Fsp3) is 0.385. The zero-order valence-electron chi connectivity index (χ0n) is 11.3. The number of thioether (sulfide) groups is 2. The highest BCUT2D eigenvalue weighted by Crippen LogP contribution is 2.27. The molecule has 1 N–H and O–H groups in total. The number of fused-ring (bicyclic) bond motifs is 1. The summed E-state index contributed by atoms with van der Waals surface area (Å²) in [6.07, 6.45) is 2.05. The number of benzene rings is 1. The second-order valence-corrected chi connectivity index (χ2v) is 6.00. The Hall–Kier alpha value is -1.34. The summed E-state index contributed by atoms with van der Waals surface area (Å²) in [4.78, 5) is 15.3. The van der Waals surface area contributed by atoms with E-state index in [2.05, 4.69) is 9.55 Å². The molecule has 0 aliphatic heterocycles. The number of carboxylic acid groups (broad SMARTS) is 1. The summed E-state index contributed by atoms with van der Waals surface area (Å²) in [7, 11) is 1.62. The number of aryl methyl sites for hydroxylation is 1. The second-order valence-electron chi connectivity index (χ2n) is 4.08. The van der Waals surface area contributed by atoms with Crippen molar-refractivity contribution in [3.63, 3.8) is 0 Å². The number of nitrogens with zero attached hydrogens (tertiary/aromatic N) is 2. The van der Waals surface area contributed by atoms with Crippen LogP contribution in [-0.4, -0.2) is 45.5 Å². The summed E-state index contributed by atoms with van der Waals surface area (Å²) in [6, 6.07) is 5.73. The van der Waals surface area contributed by atoms with E-state index in [-0.39, 0.29) is 5.75 Å². The Morgan fingerprint density at radius 1 is 1.50 bits per heavy atom. The molecule has 7 heteroatoms. The Labute approximate surface area is 125 Å². The molecule has 0 saturated heterocycles. The predicted octanol–water partition coefficient (Wildman–Crippen LogP) is 2.58. The van der Waals surface area contributed by atoms with Crippen LogP contribution in [0, 0.1) is 0 Å². The molecule has 0 bridgehead atoms. The number of methoxy groups -OCH3 is 1. The molecule has 0 unspecified atom stereocenters. The first-order valence-electron chi connectivity index (χ1n) is 6.03. The third-order valence-corrected chi connectivity index (χ3v) is 4.32. The van der Waals surface area contributed by atoms with Gasteiger partial charge in [-0.1, -0.05) is 11.8 Å². The van der Waals surface area contributed by atoms with Crippen molar-refractivity contribution in [2.24, 2.45) is 0 Å². The van der Waals surface area contributed by atoms with Crippen LogP contribution >= 0.6 is 23.5 Å².